The minimum Gasteiger partial charge on any atom is -0.454 e. The maximum Gasteiger partial charge on any atom is 0.326 e. The predicted octanol–water partition coefficient (Wildman–Crippen LogP) is 1.50. The van der Waals surface area contributed by atoms with Crippen molar-refractivity contribution < 1.29 is 23.5 Å². The zero-order valence-corrected chi connectivity index (χ0v) is 14.4. The van der Waals surface area contributed by atoms with Crippen molar-refractivity contribution in [3.63, 3.8) is 0 Å². The number of rotatable bonds is 6. The molecule has 1 aliphatic heterocycles. The molecule has 1 fully saturated rings. The number of hydrogen-bond donors (Lipinski definition) is 1. The summed E-state index contributed by atoms with van der Waals surface area (Å²) in [5.74, 6) is -0.767. The van der Waals surface area contributed by atoms with Crippen LogP contribution in [0.5, 0.6) is 0 Å². The van der Waals surface area contributed by atoms with Gasteiger partial charge in [-0.2, -0.15) is 0 Å². The van der Waals surface area contributed by atoms with Gasteiger partial charge in [0.15, 0.2) is 6.61 Å². The Bertz CT molecular complexity index is 835. The highest BCUT2D eigenvalue weighted by atomic mass is 16.5. The van der Waals surface area contributed by atoms with Gasteiger partial charge in [-0.1, -0.05) is 25.1 Å². The summed E-state index contributed by atoms with van der Waals surface area (Å²) in [4.78, 5) is 36.9. The van der Waals surface area contributed by atoms with Gasteiger partial charge in [0, 0.05) is 5.56 Å². The van der Waals surface area contributed by atoms with E-state index in [1.54, 1.807) is 13.8 Å². The van der Waals surface area contributed by atoms with E-state index in [1.807, 2.05) is 30.3 Å². The number of nitrogens with one attached hydrogen (secondary N) is 1. The maximum atomic E-state index is 12.2. The van der Waals surface area contributed by atoms with Crippen molar-refractivity contribution in [2.75, 3.05) is 6.54 Å². The Morgan fingerprint density at radius 2 is 2.00 bits per heavy atom. The first-order valence-corrected chi connectivity index (χ1v) is 8.10. The zero-order valence-electron chi connectivity index (χ0n) is 14.4. The van der Waals surface area contributed by atoms with Crippen LogP contribution < -0.4 is 5.32 Å². The SMILES string of the molecule is CC[C@]1(C)NC(=O)N(CC(=O)OCc2nnc(-c3ccccc3)o2)C1=O. The van der Waals surface area contributed by atoms with Crippen molar-refractivity contribution in [3.8, 4) is 11.5 Å². The molecule has 0 radical (unpaired) electrons. The number of esters is 1. The molecular formula is C17H18N4O5. The summed E-state index contributed by atoms with van der Waals surface area (Å²) in [5.41, 5.74) is -0.246. The number of urea groups is 1. The van der Waals surface area contributed by atoms with Crippen molar-refractivity contribution >= 4 is 17.9 Å². The molecule has 2 aromatic rings. The van der Waals surface area contributed by atoms with E-state index in [1.165, 1.54) is 0 Å². The summed E-state index contributed by atoms with van der Waals surface area (Å²) < 4.78 is 10.5. The van der Waals surface area contributed by atoms with Gasteiger partial charge in [0.2, 0.25) is 5.89 Å². The van der Waals surface area contributed by atoms with E-state index < -0.39 is 30.0 Å². The summed E-state index contributed by atoms with van der Waals surface area (Å²) in [6.45, 7) is 2.68. The lowest BCUT2D eigenvalue weighted by Gasteiger charge is -2.18. The normalized spacial score (nSPS) is 19.5. The highest BCUT2D eigenvalue weighted by Crippen LogP contribution is 2.21. The summed E-state index contributed by atoms with van der Waals surface area (Å²) in [6, 6.07) is 8.54. The predicted molar refractivity (Wildman–Crippen MR) is 88.5 cm³/mol. The van der Waals surface area contributed by atoms with Gasteiger partial charge in [0.1, 0.15) is 12.1 Å². The van der Waals surface area contributed by atoms with Crippen molar-refractivity contribution in [2.24, 2.45) is 0 Å². The molecule has 26 heavy (non-hydrogen) atoms. The van der Waals surface area contributed by atoms with Crippen molar-refractivity contribution in [2.45, 2.75) is 32.4 Å². The third-order valence-corrected chi connectivity index (χ3v) is 4.18. The van der Waals surface area contributed by atoms with Gasteiger partial charge in [-0.05, 0) is 25.5 Å². The van der Waals surface area contributed by atoms with E-state index in [0.29, 0.717) is 12.3 Å². The molecule has 1 saturated heterocycles. The average molecular weight is 358 g/mol. The molecule has 0 saturated carbocycles. The number of benzene rings is 1. The number of nitrogens with zero attached hydrogens (tertiary/aromatic N) is 3. The molecule has 3 rings (SSSR count). The molecule has 0 bridgehead atoms. The lowest BCUT2D eigenvalue weighted by molar-refractivity contribution is -0.149. The fourth-order valence-corrected chi connectivity index (χ4v) is 2.46. The standard InChI is InChI=1S/C17H18N4O5/c1-3-17(2)15(23)21(16(24)18-17)9-13(22)25-10-12-19-20-14(26-12)11-7-5-4-6-8-11/h4-8H,3,9-10H2,1-2H3,(H,18,24)/t17-/m0/s1. The molecule has 0 aliphatic carbocycles. The zero-order chi connectivity index (χ0) is 18.7. The van der Waals surface area contributed by atoms with E-state index in [2.05, 4.69) is 15.5 Å². The second-order valence-electron chi connectivity index (χ2n) is 6.03. The molecule has 0 unspecified atom stereocenters. The van der Waals surface area contributed by atoms with E-state index in [0.717, 1.165) is 10.5 Å². The Kier molecular flexibility index (Phi) is 4.70. The van der Waals surface area contributed by atoms with Gasteiger partial charge in [0.05, 0.1) is 0 Å². The van der Waals surface area contributed by atoms with Crippen molar-refractivity contribution in [1.29, 1.82) is 0 Å². The lowest BCUT2D eigenvalue weighted by Crippen LogP contribution is -2.43. The van der Waals surface area contributed by atoms with Gasteiger partial charge < -0.3 is 14.5 Å². The van der Waals surface area contributed by atoms with E-state index in [-0.39, 0.29) is 12.5 Å². The number of hydrogen-bond acceptors (Lipinski definition) is 7. The maximum absolute atomic E-state index is 12.2. The van der Waals surface area contributed by atoms with Gasteiger partial charge >= 0.3 is 12.0 Å². The van der Waals surface area contributed by atoms with Crippen LogP contribution in [0.15, 0.2) is 34.7 Å². The lowest BCUT2D eigenvalue weighted by atomic mass is 9.99. The van der Waals surface area contributed by atoms with Crippen molar-refractivity contribution in [1.82, 2.24) is 20.4 Å². The Balaban J connectivity index is 1.56. The molecule has 9 nitrogen and oxygen atoms in total. The molecule has 0 spiro atoms. The van der Waals surface area contributed by atoms with Crippen LogP contribution in [0.2, 0.25) is 0 Å². The second kappa shape index (κ2) is 6.95. The first-order chi connectivity index (χ1) is 12.4. The largest absolute Gasteiger partial charge is 0.454 e. The molecule has 2 heterocycles. The van der Waals surface area contributed by atoms with Gasteiger partial charge in [0.25, 0.3) is 11.8 Å². The molecule has 3 amide bonds. The third-order valence-electron chi connectivity index (χ3n) is 4.18. The Labute approximate surface area is 149 Å². The molecular weight excluding hydrogens is 340 g/mol. The monoisotopic (exact) mass is 358 g/mol. The topological polar surface area (TPSA) is 115 Å². The molecule has 136 valence electrons. The number of aromatic nitrogens is 2. The fourth-order valence-electron chi connectivity index (χ4n) is 2.46. The van der Waals surface area contributed by atoms with Crippen molar-refractivity contribution in [3.05, 3.63) is 36.2 Å². The van der Waals surface area contributed by atoms with Gasteiger partial charge in [-0.15, -0.1) is 10.2 Å². The summed E-state index contributed by atoms with van der Waals surface area (Å²) in [7, 11) is 0. The van der Waals surface area contributed by atoms with Crippen LogP contribution in [0, 0.1) is 0 Å². The molecule has 1 aliphatic rings. The van der Waals surface area contributed by atoms with Gasteiger partial charge in [-0.25, -0.2) is 4.79 Å². The number of carbonyl (C=O) groups is 3. The minimum atomic E-state index is -0.992. The smallest absolute Gasteiger partial charge is 0.326 e. The first kappa shape index (κ1) is 17.6. The minimum absolute atomic E-state index is 0.118. The number of carbonyl (C=O) groups excluding carboxylic acids is 3. The summed E-state index contributed by atoms with van der Waals surface area (Å²) in [6.07, 6.45) is 0.424. The quantitative estimate of drug-likeness (QED) is 0.614. The first-order valence-electron chi connectivity index (χ1n) is 8.10. The highest BCUT2D eigenvalue weighted by molar-refractivity contribution is 6.08. The Hall–Kier alpha value is -3.23. The Morgan fingerprint density at radius 3 is 2.65 bits per heavy atom. The average Bonchev–Trinajstić information content (AvgIpc) is 3.20. The van der Waals surface area contributed by atoms with Crippen LogP contribution in [-0.2, 0) is 20.9 Å². The van der Waals surface area contributed by atoms with Crippen LogP contribution in [0.4, 0.5) is 4.79 Å². The third kappa shape index (κ3) is 3.41. The van der Waals surface area contributed by atoms with E-state index in [9.17, 15) is 14.4 Å². The van der Waals surface area contributed by atoms with Crippen LogP contribution in [0.3, 0.4) is 0 Å². The van der Waals surface area contributed by atoms with Gasteiger partial charge in [-0.3, -0.25) is 14.5 Å². The summed E-state index contributed by atoms with van der Waals surface area (Å²) in [5, 5.41) is 10.3. The molecule has 1 N–H and O–H groups in total. The number of imide groups is 1. The van der Waals surface area contributed by atoms with Crippen LogP contribution in [-0.4, -0.2) is 45.1 Å². The number of ether oxygens (including phenoxy) is 1. The van der Waals surface area contributed by atoms with E-state index >= 15 is 0 Å². The second-order valence-corrected chi connectivity index (χ2v) is 6.03. The molecule has 1 atom stereocenters. The highest BCUT2D eigenvalue weighted by Gasteiger charge is 2.47. The summed E-state index contributed by atoms with van der Waals surface area (Å²) >= 11 is 0. The fraction of sp³-hybridized carbons (Fsp3) is 0.353. The van der Waals surface area contributed by atoms with Crippen LogP contribution in [0.25, 0.3) is 11.5 Å². The molecule has 1 aromatic carbocycles. The van der Waals surface area contributed by atoms with Crippen LogP contribution >= 0.6 is 0 Å². The molecule has 9 heteroatoms. The molecule has 1 aromatic heterocycles. The number of amides is 3. The van der Waals surface area contributed by atoms with E-state index in [4.69, 9.17) is 9.15 Å². The van der Waals surface area contributed by atoms with Crippen LogP contribution in [0.1, 0.15) is 26.2 Å². The Morgan fingerprint density at radius 1 is 1.27 bits per heavy atom.